The first kappa shape index (κ1) is 13.2. The van der Waals surface area contributed by atoms with E-state index in [1.165, 1.54) is 11.3 Å². The quantitative estimate of drug-likeness (QED) is 0.704. The second-order valence-corrected chi connectivity index (χ2v) is 5.94. The Kier molecular flexibility index (Phi) is 3.49. The first-order chi connectivity index (χ1) is 9.65. The van der Waals surface area contributed by atoms with Gasteiger partial charge in [-0.25, -0.2) is 4.98 Å². The Bertz CT molecular complexity index is 836. The molecule has 0 fully saturated rings. The van der Waals surface area contributed by atoms with Crippen LogP contribution >= 0.6 is 34.5 Å². The molecule has 3 aromatic rings. The van der Waals surface area contributed by atoms with Crippen LogP contribution < -0.4 is 5.32 Å². The SMILES string of the molecule is N#Cc1ccc(Nc2nc3cc(Cl)ccc3s2)cc1Cl. The maximum Gasteiger partial charge on any atom is 0.188 e. The number of aromatic nitrogens is 1. The first-order valence-electron chi connectivity index (χ1n) is 5.68. The number of hydrogen-bond donors (Lipinski definition) is 1. The first-order valence-corrected chi connectivity index (χ1v) is 7.26. The fourth-order valence-corrected chi connectivity index (χ4v) is 3.02. The zero-order valence-corrected chi connectivity index (χ0v) is 12.4. The number of benzene rings is 2. The van der Waals surface area contributed by atoms with Crippen molar-refractivity contribution >= 4 is 55.6 Å². The summed E-state index contributed by atoms with van der Waals surface area (Å²) in [5.74, 6) is 0. The van der Waals surface area contributed by atoms with Crippen LogP contribution in [-0.2, 0) is 0 Å². The van der Waals surface area contributed by atoms with Crippen molar-refractivity contribution in [2.45, 2.75) is 0 Å². The largest absolute Gasteiger partial charge is 0.331 e. The molecule has 0 aliphatic rings. The zero-order valence-electron chi connectivity index (χ0n) is 10.0. The van der Waals surface area contributed by atoms with Crippen LogP contribution in [0.1, 0.15) is 5.56 Å². The third-order valence-corrected chi connectivity index (χ3v) is 4.19. The minimum Gasteiger partial charge on any atom is -0.331 e. The number of nitrogens with zero attached hydrogens (tertiary/aromatic N) is 2. The molecule has 1 N–H and O–H groups in total. The molecule has 3 rings (SSSR count). The van der Waals surface area contributed by atoms with E-state index in [0.717, 1.165) is 21.0 Å². The van der Waals surface area contributed by atoms with Crippen molar-refractivity contribution in [2.24, 2.45) is 0 Å². The number of nitriles is 1. The Morgan fingerprint density at radius 2 is 2.00 bits per heavy atom. The molecule has 0 unspecified atom stereocenters. The summed E-state index contributed by atoms with van der Waals surface area (Å²) in [7, 11) is 0. The minimum absolute atomic E-state index is 0.418. The van der Waals surface area contributed by atoms with Gasteiger partial charge < -0.3 is 5.32 Å². The molecule has 0 spiro atoms. The van der Waals surface area contributed by atoms with Crippen LogP contribution in [0.25, 0.3) is 10.2 Å². The van der Waals surface area contributed by atoms with E-state index in [1.54, 1.807) is 18.2 Å². The number of thiazole rings is 1. The smallest absolute Gasteiger partial charge is 0.188 e. The van der Waals surface area contributed by atoms with Crippen molar-refractivity contribution < 1.29 is 0 Å². The van der Waals surface area contributed by atoms with E-state index in [0.29, 0.717) is 15.6 Å². The third-order valence-electron chi connectivity index (χ3n) is 2.69. The molecule has 0 amide bonds. The molecule has 0 bridgehead atoms. The van der Waals surface area contributed by atoms with E-state index in [1.807, 2.05) is 24.3 Å². The van der Waals surface area contributed by atoms with Gasteiger partial charge in [0.25, 0.3) is 0 Å². The van der Waals surface area contributed by atoms with Crippen LogP contribution in [-0.4, -0.2) is 4.98 Å². The minimum atomic E-state index is 0.418. The van der Waals surface area contributed by atoms with E-state index in [9.17, 15) is 0 Å². The molecule has 0 radical (unpaired) electrons. The number of anilines is 2. The number of fused-ring (bicyclic) bond motifs is 1. The fraction of sp³-hybridized carbons (Fsp3) is 0. The summed E-state index contributed by atoms with van der Waals surface area (Å²) < 4.78 is 1.05. The van der Waals surface area contributed by atoms with Crippen LogP contribution in [0.5, 0.6) is 0 Å². The van der Waals surface area contributed by atoms with Gasteiger partial charge in [-0.3, -0.25) is 0 Å². The highest BCUT2D eigenvalue weighted by atomic mass is 35.5. The normalized spacial score (nSPS) is 10.4. The highest BCUT2D eigenvalue weighted by Gasteiger charge is 2.06. The lowest BCUT2D eigenvalue weighted by Gasteiger charge is -2.03. The molecule has 0 aliphatic heterocycles. The average molecular weight is 320 g/mol. The van der Waals surface area contributed by atoms with Crippen LogP contribution in [0.2, 0.25) is 10.0 Å². The van der Waals surface area contributed by atoms with Crippen molar-refractivity contribution in [1.29, 1.82) is 5.26 Å². The summed E-state index contributed by atoms with van der Waals surface area (Å²) in [5, 5.41) is 13.9. The van der Waals surface area contributed by atoms with E-state index in [4.69, 9.17) is 28.5 Å². The standard InChI is InChI=1S/C14H7Cl2N3S/c15-9-2-4-13-12(5-9)19-14(20-13)18-10-3-1-8(7-17)11(16)6-10/h1-6H,(H,18,19). The number of hydrogen-bond acceptors (Lipinski definition) is 4. The topological polar surface area (TPSA) is 48.7 Å². The van der Waals surface area contributed by atoms with Crippen molar-refractivity contribution in [1.82, 2.24) is 4.98 Å². The highest BCUT2D eigenvalue weighted by molar-refractivity contribution is 7.22. The molecule has 0 aliphatic carbocycles. The Balaban J connectivity index is 1.93. The molecule has 1 heterocycles. The summed E-state index contributed by atoms with van der Waals surface area (Å²) in [5.41, 5.74) is 2.09. The van der Waals surface area contributed by atoms with Gasteiger partial charge in [-0.05, 0) is 36.4 Å². The van der Waals surface area contributed by atoms with Crippen LogP contribution in [0.3, 0.4) is 0 Å². The number of rotatable bonds is 2. The molecular weight excluding hydrogens is 313 g/mol. The third kappa shape index (κ3) is 2.56. The van der Waals surface area contributed by atoms with E-state index in [2.05, 4.69) is 10.3 Å². The number of nitrogens with one attached hydrogen (secondary N) is 1. The number of halogens is 2. The molecule has 2 aromatic carbocycles. The Hall–Kier alpha value is -1.80. The van der Waals surface area contributed by atoms with Gasteiger partial charge in [-0.1, -0.05) is 34.5 Å². The van der Waals surface area contributed by atoms with E-state index < -0.39 is 0 Å². The van der Waals surface area contributed by atoms with Gasteiger partial charge in [0.05, 0.1) is 20.8 Å². The molecule has 20 heavy (non-hydrogen) atoms. The van der Waals surface area contributed by atoms with Crippen molar-refractivity contribution in [3.8, 4) is 6.07 Å². The van der Waals surface area contributed by atoms with Crippen LogP contribution in [0.15, 0.2) is 36.4 Å². The van der Waals surface area contributed by atoms with Gasteiger partial charge in [-0.15, -0.1) is 0 Å². The second kappa shape index (κ2) is 5.29. The molecule has 3 nitrogen and oxygen atoms in total. The lowest BCUT2D eigenvalue weighted by Crippen LogP contribution is -1.89. The fourth-order valence-electron chi connectivity index (χ4n) is 1.76. The predicted molar refractivity (Wildman–Crippen MR) is 84.1 cm³/mol. The van der Waals surface area contributed by atoms with Crippen molar-refractivity contribution in [3.05, 3.63) is 52.0 Å². The summed E-state index contributed by atoms with van der Waals surface area (Å²) in [6, 6.07) is 12.8. The van der Waals surface area contributed by atoms with Gasteiger partial charge in [0.2, 0.25) is 0 Å². The average Bonchev–Trinajstić information content (AvgIpc) is 2.80. The van der Waals surface area contributed by atoms with E-state index in [-0.39, 0.29) is 0 Å². The lowest BCUT2D eigenvalue weighted by molar-refractivity contribution is 1.43. The second-order valence-electron chi connectivity index (χ2n) is 4.06. The predicted octanol–water partition coefficient (Wildman–Crippen LogP) is 5.22. The highest BCUT2D eigenvalue weighted by Crippen LogP contribution is 2.31. The Morgan fingerprint density at radius 1 is 1.15 bits per heavy atom. The lowest BCUT2D eigenvalue weighted by atomic mass is 10.2. The van der Waals surface area contributed by atoms with Crippen molar-refractivity contribution in [3.63, 3.8) is 0 Å². The Morgan fingerprint density at radius 3 is 2.75 bits per heavy atom. The van der Waals surface area contributed by atoms with Gasteiger partial charge in [0.15, 0.2) is 5.13 Å². The van der Waals surface area contributed by atoms with Crippen molar-refractivity contribution in [2.75, 3.05) is 5.32 Å². The summed E-state index contributed by atoms with van der Waals surface area (Å²) >= 11 is 13.5. The maximum absolute atomic E-state index is 8.84. The molecule has 1 aromatic heterocycles. The monoisotopic (exact) mass is 319 g/mol. The van der Waals surface area contributed by atoms with Crippen LogP contribution in [0, 0.1) is 11.3 Å². The summed E-state index contributed by atoms with van der Waals surface area (Å²) in [6.07, 6.45) is 0. The van der Waals surface area contributed by atoms with Crippen LogP contribution in [0.4, 0.5) is 10.8 Å². The summed E-state index contributed by atoms with van der Waals surface area (Å²) in [4.78, 5) is 4.46. The van der Waals surface area contributed by atoms with Gasteiger partial charge in [0, 0.05) is 10.7 Å². The van der Waals surface area contributed by atoms with Gasteiger partial charge in [-0.2, -0.15) is 5.26 Å². The molecule has 0 saturated heterocycles. The molecule has 0 saturated carbocycles. The Labute approximate surface area is 129 Å². The zero-order chi connectivity index (χ0) is 14.1. The van der Waals surface area contributed by atoms with E-state index >= 15 is 0 Å². The van der Waals surface area contributed by atoms with Gasteiger partial charge >= 0.3 is 0 Å². The summed E-state index contributed by atoms with van der Waals surface area (Å²) in [6.45, 7) is 0. The molecule has 0 atom stereocenters. The van der Waals surface area contributed by atoms with Gasteiger partial charge in [0.1, 0.15) is 6.07 Å². The molecule has 6 heteroatoms. The molecular formula is C14H7Cl2N3S. The maximum atomic E-state index is 8.84. The molecule has 98 valence electrons.